The smallest absolute Gasteiger partial charge is 0.274 e. The number of amides is 2. The number of hydrogen-bond donors (Lipinski definition) is 3. The quantitative estimate of drug-likeness (QED) is 0.658. The van der Waals surface area contributed by atoms with E-state index in [-0.39, 0.29) is 30.4 Å². The van der Waals surface area contributed by atoms with Crippen LogP contribution in [0.25, 0.3) is 11.3 Å². The molecular formula is C23H31N5O3. The van der Waals surface area contributed by atoms with Gasteiger partial charge in [0.05, 0.1) is 5.69 Å². The Labute approximate surface area is 182 Å². The Morgan fingerprint density at radius 2 is 1.81 bits per heavy atom. The minimum absolute atomic E-state index is 0.0363. The minimum Gasteiger partial charge on any atom is -0.396 e. The number of H-pyrrole nitrogens is 1. The van der Waals surface area contributed by atoms with Crippen LogP contribution in [0.4, 0.5) is 0 Å². The van der Waals surface area contributed by atoms with E-state index in [1.807, 2.05) is 12.1 Å². The van der Waals surface area contributed by atoms with E-state index in [0.29, 0.717) is 37.5 Å². The Kier molecular flexibility index (Phi) is 6.96. The molecule has 2 aromatic heterocycles. The molecule has 4 rings (SSSR count). The lowest BCUT2D eigenvalue weighted by Crippen LogP contribution is -2.46. The molecule has 8 heteroatoms. The monoisotopic (exact) mass is 425 g/mol. The number of carbonyl (C=O) groups excluding carboxylic acids is 2. The number of piperidine rings is 1. The Hall–Kier alpha value is -2.74. The van der Waals surface area contributed by atoms with Crippen molar-refractivity contribution in [3.8, 4) is 11.3 Å². The molecule has 166 valence electrons. The van der Waals surface area contributed by atoms with Gasteiger partial charge in [0.25, 0.3) is 5.91 Å². The van der Waals surface area contributed by atoms with Crippen LogP contribution in [-0.2, 0) is 4.79 Å². The number of nitrogens with zero attached hydrogens (tertiary/aromatic N) is 3. The Morgan fingerprint density at radius 3 is 2.48 bits per heavy atom. The van der Waals surface area contributed by atoms with Gasteiger partial charge in [-0.25, -0.2) is 0 Å². The molecule has 2 aliphatic rings. The van der Waals surface area contributed by atoms with Crippen molar-refractivity contribution in [3.05, 3.63) is 36.3 Å². The van der Waals surface area contributed by atoms with Crippen molar-refractivity contribution in [2.45, 2.75) is 51.0 Å². The Morgan fingerprint density at radius 1 is 1.10 bits per heavy atom. The standard InChI is InChI=1S/C23H31N5O3/c29-14-9-16-1-3-19(4-2-16)25-22(30)18-7-12-28(13-8-18)23(31)21-15-20(26-27-21)17-5-10-24-11-6-17/h5-6,10-11,15-16,18-19,29H,1-4,7-9,12-14H2,(H,25,30)(H,26,27). The fourth-order valence-electron chi connectivity index (χ4n) is 4.71. The third-order valence-electron chi connectivity index (χ3n) is 6.67. The first-order chi connectivity index (χ1) is 15.1. The molecule has 1 saturated carbocycles. The lowest BCUT2D eigenvalue weighted by molar-refractivity contribution is -0.127. The number of pyridine rings is 1. The molecule has 2 amide bonds. The van der Waals surface area contributed by atoms with Crippen LogP contribution in [0.5, 0.6) is 0 Å². The van der Waals surface area contributed by atoms with Crippen LogP contribution in [-0.4, -0.2) is 62.7 Å². The average molecular weight is 426 g/mol. The van der Waals surface area contributed by atoms with E-state index < -0.39 is 0 Å². The highest BCUT2D eigenvalue weighted by atomic mass is 16.3. The highest BCUT2D eigenvalue weighted by molar-refractivity contribution is 5.93. The number of aromatic amines is 1. The molecule has 0 radical (unpaired) electrons. The van der Waals surface area contributed by atoms with Crippen molar-refractivity contribution in [1.82, 2.24) is 25.4 Å². The van der Waals surface area contributed by atoms with E-state index in [4.69, 9.17) is 5.11 Å². The highest BCUT2D eigenvalue weighted by Crippen LogP contribution is 2.27. The molecule has 1 saturated heterocycles. The number of carbonyl (C=O) groups is 2. The average Bonchev–Trinajstić information content (AvgIpc) is 3.31. The first-order valence-electron chi connectivity index (χ1n) is 11.3. The van der Waals surface area contributed by atoms with E-state index in [9.17, 15) is 9.59 Å². The fourth-order valence-corrected chi connectivity index (χ4v) is 4.71. The molecule has 2 aromatic rings. The zero-order chi connectivity index (χ0) is 21.6. The normalized spacial score (nSPS) is 22.3. The van der Waals surface area contributed by atoms with Crippen LogP contribution in [0.3, 0.4) is 0 Å². The number of rotatable bonds is 6. The fraction of sp³-hybridized carbons (Fsp3) is 0.565. The molecule has 1 aliphatic carbocycles. The lowest BCUT2D eigenvalue weighted by Gasteiger charge is -2.33. The molecule has 2 fully saturated rings. The van der Waals surface area contributed by atoms with Crippen molar-refractivity contribution in [2.24, 2.45) is 11.8 Å². The zero-order valence-electron chi connectivity index (χ0n) is 17.8. The van der Waals surface area contributed by atoms with Gasteiger partial charge in [0.1, 0.15) is 0 Å². The van der Waals surface area contributed by atoms with Gasteiger partial charge in [0.2, 0.25) is 5.91 Å². The van der Waals surface area contributed by atoms with E-state index in [1.165, 1.54) is 0 Å². The summed E-state index contributed by atoms with van der Waals surface area (Å²) < 4.78 is 0. The summed E-state index contributed by atoms with van der Waals surface area (Å²) in [6, 6.07) is 5.75. The summed E-state index contributed by atoms with van der Waals surface area (Å²) in [5.74, 6) is 0.578. The molecule has 3 heterocycles. The lowest BCUT2D eigenvalue weighted by atomic mass is 9.84. The SMILES string of the molecule is O=C(NC1CCC(CCO)CC1)C1CCN(C(=O)c2cc(-c3ccncc3)[nH]n2)CC1. The van der Waals surface area contributed by atoms with Gasteiger partial charge in [0.15, 0.2) is 5.69 Å². The van der Waals surface area contributed by atoms with Gasteiger partial charge in [-0.3, -0.25) is 19.7 Å². The molecule has 0 spiro atoms. The molecule has 31 heavy (non-hydrogen) atoms. The topological polar surface area (TPSA) is 111 Å². The van der Waals surface area contributed by atoms with E-state index in [0.717, 1.165) is 43.4 Å². The van der Waals surface area contributed by atoms with Crippen molar-refractivity contribution in [2.75, 3.05) is 19.7 Å². The van der Waals surface area contributed by atoms with Crippen LogP contribution >= 0.6 is 0 Å². The maximum atomic E-state index is 12.8. The molecule has 0 aromatic carbocycles. The van der Waals surface area contributed by atoms with Crippen molar-refractivity contribution < 1.29 is 14.7 Å². The minimum atomic E-state index is -0.0994. The van der Waals surface area contributed by atoms with Crippen LogP contribution in [0, 0.1) is 11.8 Å². The van der Waals surface area contributed by atoms with Gasteiger partial charge in [-0.15, -0.1) is 0 Å². The number of aliphatic hydroxyl groups is 1. The Bertz CT molecular complexity index is 868. The third-order valence-corrected chi connectivity index (χ3v) is 6.67. The zero-order valence-corrected chi connectivity index (χ0v) is 17.8. The molecule has 1 aliphatic heterocycles. The molecule has 0 atom stereocenters. The van der Waals surface area contributed by atoms with E-state index in [1.54, 1.807) is 23.4 Å². The van der Waals surface area contributed by atoms with Gasteiger partial charge >= 0.3 is 0 Å². The largest absolute Gasteiger partial charge is 0.396 e. The van der Waals surface area contributed by atoms with Crippen LogP contribution < -0.4 is 5.32 Å². The summed E-state index contributed by atoms with van der Waals surface area (Å²) in [4.78, 5) is 31.3. The summed E-state index contributed by atoms with van der Waals surface area (Å²) >= 11 is 0. The van der Waals surface area contributed by atoms with Gasteiger partial charge in [-0.2, -0.15) is 5.10 Å². The maximum absolute atomic E-state index is 12.8. The third kappa shape index (κ3) is 5.31. The maximum Gasteiger partial charge on any atom is 0.274 e. The first-order valence-corrected chi connectivity index (χ1v) is 11.3. The Balaban J connectivity index is 1.24. The summed E-state index contributed by atoms with van der Waals surface area (Å²) in [6.07, 6.45) is 9.76. The molecule has 8 nitrogen and oxygen atoms in total. The molecule has 0 unspecified atom stereocenters. The van der Waals surface area contributed by atoms with Gasteiger partial charge in [-0.1, -0.05) is 0 Å². The predicted molar refractivity (Wildman–Crippen MR) is 116 cm³/mol. The number of aliphatic hydroxyl groups excluding tert-OH is 1. The van der Waals surface area contributed by atoms with Crippen molar-refractivity contribution in [1.29, 1.82) is 0 Å². The second-order valence-electron chi connectivity index (χ2n) is 8.71. The highest BCUT2D eigenvalue weighted by Gasteiger charge is 2.30. The van der Waals surface area contributed by atoms with Crippen LogP contribution in [0.2, 0.25) is 0 Å². The van der Waals surface area contributed by atoms with E-state index in [2.05, 4.69) is 20.5 Å². The summed E-state index contributed by atoms with van der Waals surface area (Å²) in [7, 11) is 0. The van der Waals surface area contributed by atoms with Gasteiger partial charge in [0, 0.05) is 49.6 Å². The second kappa shape index (κ2) is 10.0. The summed E-state index contributed by atoms with van der Waals surface area (Å²) in [6.45, 7) is 1.39. The molecular weight excluding hydrogens is 394 g/mol. The van der Waals surface area contributed by atoms with Crippen LogP contribution in [0.15, 0.2) is 30.6 Å². The molecule has 3 N–H and O–H groups in total. The number of aromatic nitrogens is 3. The van der Waals surface area contributed by atoms with Gasteiger partial charge in [-0.05, 0) is 69.1 Å². The van der Waals surface area contributed by atoms with Gasteiger partial charge < -0.3 is 15.3 Å². The van der Waals surface area contributed by atoms with Crippen molar-refractivity contribution >= 4 is 11.8 Å². The van der Waals surface area contributed by atoms with E-state index >= 15 is 0 Å². The second-order valence-corrected chi connectivity index (χ2v) is 8.71. The van der Waals surface area contributed by atoms with Crippen molar-refractivity contribution in [3.63, 3.8) is 0 Å². The first kappa shape index (κ1) is 21.5. The number of hydrogen-bond acceptors (Lipinski definition) is 5. The predicted octanol–water partition coefficient (Wildman–Crippen LogP) is 2.38. The number of nitrogens with one attached hydrogen (secondary N) is 2. The molecule has 0 bridgehead atoms. The number of likely N-dealkylation sites (tertiary alicyclic amines) is 1. The summed E-state index contributed by atoms with van der Waals surface area (Å²) in [5.41, 5.74) is 2.12. The van der Waals surface area contributed by atoms with Crippen LogP contribution in [0.1, 0.15) is 55.4 Å². The summed E-state index contributed by atoms with van der Waals surface area (Å²) in [5, 5.41) is 19.4.